The number of hydrogen-bond donors (Lipinski definition) is 0. The lowest BCUT2D eigenvalue weighted by Gasteiger charge is -2.20. The summed E-state index contributed by atoms with van der Waals surface area (Å²) < 4.78 is 57.0. The van der Waals surface area contributed by atoms with E-state index in [1.165, 1.54) is 30.2 Å². The van der Waals surface area contributed by atoms with Crippen LogP contribution in [0.1, 0.15) is 69.8 Å². The van der Waals surface area contributed by atoms with E-state index in [2.05, 4.69) is 6.07 Å². The van der Waals surface area contributed by atoms with Crippen molar-refractivity contribution < 1.29 is 22.4 Å². The fourth-order valence-electron chi connectivity index (χ4n) is 5.52. The van der Waals surface area contributed by atoms with Gasteiger partial charge in [-0.2, -0.15) is 0 Å². The Morgan fingerprint density at radius 3 is 2.47 bits per heavy atom. The molecule has 0 heterocycles. The second-order valence-corrected chi connectivity index (χ2v) is 9.10. The van der Waals surface area contributed by atoms with Crippen LogP contribution in [0.25, 0.3) is 0 Å². The number of fused-ring (bicyclic) bond motifs is 1. The monoisotopic (exact) mass is 464 g/mol. The van der Waals surface area contributed by atoms with Crippen LogP contribution in [0.5, 0.6) is 0 Å². The maximum atomic E-state index is 15.1. The highest BCUT2D eigenvalue weighted by molar-refractivity contribution is 6.10. The molecule has 2 aliphatic rings. The predicted molar refractivity (Wildman–Crippen MR) is 123 cm³/mol. The molecule has 0 aliphatic heterocycles. The zero-order chi connectivity index (χ0) is 24.0. The molecule has 34 heavy (non-hydrogen) atoms. The van der Waals surface area contributed by atoms with Gasteiger partial charge in [-0.25, -0.2) is 17.6 Å². The first-order chi connectivity index (χ1) is 16.4. The van der Waals surface area contributed by atoms with Gasteiger partial charge >= 0.3 is 0 Å². The number of Topliss-reactive ketones (excluding diaryl/α,β-unsaturated/α-hetero) is 1. The summed E-state index contributed by atoms with van der Waals surface area (Å²) in [6.45, 7) is 1.52. The quantitative estimate of drug-likeness (QED) is 0.219. The normalized spacial score (nSPS) is 19.3. The summed E-state index contributed by atoms with van der Waals surface area (Å²) in [6, 6.07) is 12.9. The third-order valence-electron chi connectivity index (χ3n) is 7.21. The summed E-state index contributed by atoms with van der Waals surface area (Å²) in [6.07, 6.45) is 5.20. The first-order valence-corrected chi connectivity index (χ1v) is 11.7. The molecule has 0 amide bonds. The van der Waals surface area contributed by atoms with E-state index in [0.29, 0.717) is 18.1 Å². The largest absolute Gasteiger partial charge is 0.289 e. The highest BCUT2D eigenvalue weighted by Gasteiger charge is 2.36. The van der Waals surface area contributed by atoms with Crippen molar-refractivity contribution in [2.45, 2.75) is 50.9 Å². The van der Waals surface area contributed by atoms with Crippen molar-refractivity contribution in [2.75, 3.05) is 0 Å². The minimum Gasteiger partial charge on any atom is -0.289 e. The number of rotatable bonds is 5. The highest BCUT2D eigenvalue weighted by Crippen LogP contribution is 2.47. The molecule has 0 spiro atoms. The molecule has 3 aromatic carbocycles. The van der Waals surface area contributed by atoms with E-state index in [1.807, 2.05) is 12.1 Å². The fourth-order valence-corrected chi connectivity index (χ4v) is 5.52. The van der Waals surface area contributed by atoms with Gasteiger partial charge < -0.3 is 0 Å². The number of aryl methyl sites for hydroxylation is 1. The van der Waals surface area contributed by atoms with Gasteiger partial charge in [-0.3, -0.25) is 4.79 Å². The predicted octanol–water partition coefficient (Wildman–Crippen LogP) is 7.37. The maximum Gasteiger partial charge on any atom is 0.192 e. The Morgan fingerprint density at radius 2 is 1.74 bits per heavy atom. The van der Waals surface area contributed by atoms with Crippen LogP contribution in [-0.4, -0.2) is 5.78 Å². The Labute approximate surface area is 196 Å². The summed E-state index contributed by atoms with van der Waals surface area (Å²) in [5, 5.41) is 0. The van der Waals surface area contributed by atoms with Crippen molar-refractivity contribution >= 4 is 5.78 Å². The van der Waals surface area contributed by atoms with E-state index < -0.39 is 34.4 Å². The molecule has 2 unspecified atom stereocenters. The van der Waals surface area contributed by atoms with Gasteiger partial charge in [0.25, 0.3) is 0 Å². The molecule has 5 rings (SSSR count). The number of carbonyl (C=O) groups excluding carboxylic acids is 1. The minimum atomic E-state index is -1.25. The lowest BCUT2D eigenvalue weighted by atomic mass is 9.83. The standard InChI is InChI=1S/C29H24F4O/c1-2-20-27(32)25(15-26(31)28(20)33)29(34)24-14-18(16-9-11-19(30)12-10-16)13-23(24)22-8-4-6-17-5-3-7-21(17)22/h4,6,8-12,14-15,18,23H,2-3,5,7,13H2,1H3. The summed E-state index contributed by atoms with van der Waals surface area (Å²) in [5.41, 5.74) is 3.85. The van der Waals surface area contributed by atoms with Crippen LogP contribution in [0.2, 0.25) is 0 Å². The Balaban J connectivity index is 1.63. The number of ketones is 1. The molecule has 174 valence electrons. The van der Waals surface area contributed by atoms with Crippen LogP contribution in [0, 0.1) is 23.3 Å². The van der Waals surface area contributed by atoms with E-state index >= 15 is 4.39 Å². The van der Waals surface area contributed by atoms with Crippen LogP contribution in [-0.2, 0) is 19.3 Å². The van der Waals surface area contributed by atoms with Gasteiger partial charge in [-0.1, -0.05) is 43.3 Å². The van der Waals surface area contributed by atoms with Gasteiger partial charge in [-0.15, -0.1) is 0 Å². The molecule has 5 heteroatoms. The molecule has 0 N–H and O–H groups in total. The van der Waals surface area contributed by atoms with E-state index in [0.717, 1.165) is 30.4 Å². The number of carbonyl (C=O) groups is 1. The molecule has 0 aromatic heterocycles. The van der Waals surface area contributed by atoms with Crippen molar-refractivity contribution in [3.63, 3.8) is 0 Å². The van der Waals surface area contributed by atoms with Crippen molar-refractivity contribution in [1.29, 1.82) is 0 Å². The molecule has 0 radical (unpaired) electrons. The number of halogens is 4. The van der Waals surface area contributed by atoms with E-state index in [4.69, 9.17) is 0 Å². The number of benzene rings is 3. The molecular weight excluding hydrogens is 440 g/mol. The molecule has 0 saturated carbocycles. The zero-order valence-electron chi connectivity index (χ0n) is 18.8. The Hall–Kier alpha value is -3.21. The molecule has 0 bridgehead atoms. The lowest BCUT2D eigenvalue weighted by molar-refractivity contribution is 0.102. The molecule has 3 aromatic rings. The van der Waals surface area contributed by atoms with Gasteiger partial charge in [0, 0.05) is 23.0 Å². The molecule has 2 atom stereocenters. The topological polar surface area (TPSA) is 17.1 Å². The van der Waals surface area contributed by atoms with Crippen LogP contribution in [0.4, 0.5) is 17.6 Å². The van der Waals surface area contributed by atoms with Crippen LogP contribution < -0.4 is 0 Å². The Kier molecular flexibility index (Phi) is 5.88. The molecule has 1 nitrogen and oxygen atoms in total. The second kappa shape index (κ2) is 8.86. The van der Waals surface area contributed by atoms with Crippen molar-refractivity contribution in [2.24, 2.45) is 0 Å². The maximum absolute atomic E-state index is 15.1. The van der Waals surface area contributed by atoms with Crippen molar-refractivity contribution in [3.05, 3.63) is 117 Å². The summed E-state index contributed by atoms with van der Waals surface area (Å²) in [5.74, 6) is -4.96. The van der Waals surface area contributed by atoms with E-state index in [-0.39, 0.29) is 24.1 Å². The van der Waals surface area contributed by atoms with Crippen molar-refractivity contribution in [1.82, 2.24) is 0 Å². The summed E-state index contributed by atoms with van der Waals surface area (Å²) in [7, 11) is 0. The van der Waals surface area contributed by atoms with E-state index in [1.54, 1.807) is 18.2 Å². The Bertz CT molecular complexity index is 1310. The molecule has 2 aliphatic carbocycles. The third kappa shape index (κ3) is 3.77. The van der Waals surface area contributed by atoms with Crippen molar-refractivity contribution in [3.8, 4) is 0 Å². The Morgan fingerprint density at radius 1 is 0.971 bits per heavy atom. The molecule has 0 saturated heterocycles. The SMILES string of the molecule is CCc1c(F)c(F)cc(C(=O)C2=CC(c3ccc(F)cc3)CC2c2cccc3c2CCC3)c1F. The van der Waals surface area contributed by atoms with E-state index in [9.17, 15) is 18.0 Å². The smallest absolute Gasteiger partial charge is 0.192 e. The van der Waals surface area contributed by atoms with Gasteiger partial charge in [0.15, 0.2) is 17.4 Å². The summed E-state index contributed by atoms with van der Waals surface area (Å²) in [4.78, 5) is 13.7. The number of hydrogen-bond acceptors (Lipinski definition) is 1. The van der Waals surface area contributed by atoms with Gasteiger partial charge in [0.05, 0.1) is 5.56 Å². The molecular formula is C29H24F4O. The average molecular weight is 465 g/mol. The first-order valence-electron chi connectivity index (χ1n) is 11.7. The first kappa shape index (κ1) is 22.6. The minimum absolute atomic E-state index is 0.0669. The number of allylic oxidation sites excluding steroid dienone is 2. The zero-order valence-corrected chi connectivity index (χ0v) is 18.8. The van der Waals surface area contributed by atoms with Gasteiger partial charge in [0.2, 0.25) is 0 Å². The average Bonchev–Trinajstić information content (AvgIpc) is 3.49. The second-order valence-electron chi connectivity index (χ2n) is 9.10. The molecule has 0 fully saturated rings. The van der Waals surface area contributed by atoms with Crippen LogP contribution in [0.3, 0.4) is 0 Å². The highest BCUT2D eigenvalue weighted by atomic mass is 19.2. The summed E-state index contributed by atoms with van der Waals surface area (Å²) >= 11 is 0. The van der Waals surface area contributed by atoms with Gasteiger partial charge in [0.1, 0.15) is 11.6 Å². The van der Waals surface area contributed by atoms with Gasteiger partial charge in [-0.05, 0) is 72.6 Å². The fraction of sp³-hybridized carbons (Fsp3) is 0.276. The van der Waals surface area contributed by atoms with Crippen LogP contribution >= 0.6 is 0 Å². The third-order valence-corrected chi connectivity index (χ3v) is 7.21. The lowest BCUT2D eigenvalue weighted by Crippen LogP contribution is -2.15. The van der Waals surface area contributed by atoms with Crippen LogP contribution in [0.15, 0.2) is 60.2 Å².